The van der Waals surface area contributed by atoms with Gasteiger partial charge in [0.2, 0.25) is 0 Å². The highest BCUT2D eigenvalue weighted by atomic mass is 35.5. The van der Waals surface area contributed by atoms with Gasteiger partial charge in [-0.25, -0.2) is 4.79 Å². The number of nitro benzene ring substituents is 1. The fraction of sp³-hybridized carbons (Fsp3) is 0.100. The van der Waals surface area contributed by atoms with E-state index in [4.69, 9.17) is 11.6 Å². The minimum Gasteiger partial charge on any atom is -0.465 e. The number of nitro groups is 1. The average Bonchev–Trinajstić information content (AvgIpc) is 2.26. The lowest BCUT2D eigenvalue weighted by Crippen LogP contribution is -2.05. The highest BCUT2D eigenvalue weighted by Crippen LogP contribution is 2.28. The average molecular weight is 242 g/mol. The van der Waals surface area contributed by atoms with Crippen LogP contribution in [0.15, 0.2) is 24.8 Å². The Hall–Kier alpha value is -1.88. The molecule has 0 saturated carbocycles. The van der Waals surface area contributed by atoms with Crippen molar-refractivity contribution in [2.24, 2.45) is 0 Å². The zero-order valence-corrected chi connectivity index (χ0v) is 9.15. The van der Waals surface area contributed by atoms with E-state index in [0.717, 1.165) is 0 Å². The van der Waals surface area contributed by atoms with Crippen LogP contribution < -0.4 is 0 Å². The largest absolute Gasteiger partial charge is 0.465 e. The minimum absolute atomic E-state index is 0.0596. The van der Waals surface area contributed by atoms with E-state index in [1.807, 2.05) is 0 Å². The Morgan fingerprint density at radius 1 is 1.56 bits per heavy atom. The van der Waals surface area contributed by atoms with Gasteiger partial charge in [-0.15, -0.1) is 0 Å². The predicted octanol–water partition coefficient (Wildman–Crippen LogP) is 2.43. The Balaban J connectivity index is 3.30. The number of nitrogens with zero attached hydrogens (tertiary/aromatic N) is 1. The van der Waals surface area contributed by atoms with Crippen molar-refractivity contribution in [2.75, 3.05) is 7.11 Å². The smallest absolute Gasteiger partial charge is 0.338 e. The Bertz CT molecular complexity index is 470. The Labute approximate surface area is 96.4 Å². The second-order valence-corrected chi connectivity index (χ2v) is 3.33. The fourth-order valence-corrected chi connectivity index (χ4v) is 1.31. The molecule has 0 heterocycles. The number of carbonyl (C=O) groups is 1. The number of hydrogen-bond acceptors (Lipinski definition) is 4. The second kappa shape index (κ2) is 4.76. The molecule has 0 atom stereocenters. The third-order valence-electron chi connectivity index (χ3n) is 1.91. The lowest BCUT2D eigenvalue weighted by atomic mass is 10.1. The zero-order chi connectivity index (χ0) is 12.3. The van der Waals surface area contributed by atoms with E-state index >= 15 is 0 Å². The van der Waals surface area contributed by atoms with Crippen molar-refractivity contribution in [1.29, 1.82) is 0 Å². The molecule has 0 spiro atoms. The molecule has 1 aromatic carbocycles. The minimum atomic E-state index is -0.731. The number of hydrogen-bond donors (Lipinski definition) is 0. The molecule has 1 rings (SSSR count). The second-order valence-electron chi connectivity index (χ2n) is 2.89. The number of carbonyl (C=O) groups excluding carboxylic acids is 1. The summed E-state index contributed by atoms with van der Waals surface area (Å²) in [6, 6.07) is 3.89. The van der Waals surface area contributed by atoms with Crippen LogP contribution in [0.25, 0.3) is 5.57 Å². The monoisotopic (exact) mass is 241 g/mol. The van der Waals surface area contributed by atoms with E-state index in [1.165, 1.54) is 25.3 Å². The quantitative estimate of drug-likeness (QED) is 0.353. The van der Waals surface area contributed by atoms with Crippen molar-refractivity contribution in [2.45, 2.75) is 0 Å². The molecule has 0 unspecified atom stereocenters. The van der Waals surface area contributed by atoms with E-state index in [-0.39, 0.29) is 21.8 Å². The number of esters is 1. The molecule has 0 aliphatic heterocycles. The summed E-state index contributed by atoms with van der Waals surface area (Å²) in [5, 5.41) is 11.0. The highest BCUT2D eigenvalue weighted by molar-refractivity contribution is 6.31. The maximum atomic E-state index is 11.2. The molecular weight excluding hydrogens is 234 g/mol. The molecule has 0 saturated heterocycles. The molecule has 0 radical (unpaired) electrons. The third kappa shape index (κ3) is 2.38. The summed E-state index contributed by atoms with van der Waals surface area (Å²) in [7, 11) is 1.17. The van der Waals surface area contributed by atoms with E-state index in [2.05, 4.69) is 11.3 Å². The van der Waals surface area contributed by atoms with Crippen molar-refractivity contribution in [3.05, 3.63) is 45.5 Å². The number of halogens is 1. The molecule has 1 aromatic rings. The summed E-state index contributed by atoms with van der Waals surface area (Å²) in [6.45, 7) is 3.44. The molecule has 16 heavy (non-hydrogen) atoms. The number of benzene rings is 1. The summed E-state index contributed by atoms with van der Waals surface area (Å²) >= 11 is 5.70. The van der Waals surface area contributed by atoms with Crippen LogP contribution in [0.3, 0.4) is 0 Å². The van der Waals surface area contributed by atoms with Crippen LogP contribution in [0.5, 0.6) is 0 Å². The molecule has 5 nitrogen and oxygen atoms in total. The molecule has 0 N–H and O–H groups in total. The first kappa shape index (κ1) is 12.2. The molecule has 0 amide bonds. The lowest BCUT2D eigenvalue weighted by molar-refractivity contribution is -0.385. The van der Waals surface area contributed by atoms with E-state index in [9.17, 15) is 14.9 Å². The van der Waals surface area contributed by atoms with Gasteiger partial charge in [0.1, 0.15) is 0 Å². The van der Waals surface area contributed by atoms with Crippen LogP contribution in [-0.4, -0.2) is 18.0 Å². The summed E-state index contributed by atoms with van der Waals surface area (Å²) in [6.07, 6.45) is 0. The van der Waals surface area contributed by atoms with Crippen LogP contribution in [0.2, 0.25) is 5.02 Å². The Kier molecular flexibility index (Phi) is 3.63. The van der Waals surface area contributed by atoms with Gasteiger partial charge < -0.3 is 4.74 Å². The molecule has 0 aromatic heterocycles. The first-order valence-corrected chi connectivity index (χ1v) is 4.56. The Morgan fingerprint density at radius 2 is 2.19 bits per heavy atom. The van der Waals surface area contributed by atoms with Crippen molar-refractivity contribution in [3.8, 4) is 0 Å². The molecule has 0 aliphatic rings. The van der Waals surface area contributed by atoms with Gasteiger partial charge in [-0.2, -0.15) is 0 Å². The van der Waals surface area contributed by atoms with Gasteiger partial charge in [0.15, 0.2) is 0 Å². The summed E-state index contributed by atoms with van der Waals surface area (Å²) in [4.78, 5) is 21.3. The lowest BCUT2D eigenvalue weighted by Gasteiger charge is -2.05. The van der Waals surface area contributed by atoms with Crippen molar-refractivity contribution >= 4 is 28.8 Å². The molecule has 0 aliphatic carbocycles. The van der Waals surface area contributed by atoms with Crippen LogP contribution in [-0.2, 0) is 9.53 Å². The summed E-state index contributed by atoms with van der Waals surface area (Å²) < 4.78 is 4.44. The Morgan fingerprint density at radius 3 is 2.69 bits per heavy atom. The third-order valence-corrected chi connectivity index (χ3v) is 2.15. The maximum absolute atomic E-state index is 11.2. The maximum Gasteiger partial charge on any atom is 0.338 e. The summed E-state index contributed by atoms with van der Waals surface area (Å²) in [5.41, 5.74) is -0.277. The number of methoxy groups -OCH3 is 1. The van der Waals surface area contributed by atoms with Gasteiger partial charge in [0.25, 0.3) is 5.69 Å². The number of ether oxygens (including phenoxy) is 1. The standard InChI is InChI=1S/C10H8ClNO4/c1-6(10(13)16-2)8-5-7(11)3-4-9(8)12(14)15/h3-5H,1H2,2H3. The summed E-state index contributed by atoms with van der Waals surface area (Å²) in [5.74, 6) is -0.731. The fourth-order valence-electron chi connectivity index (χ4n) is 1.14. The van der Waals surface area contributed by atoms with Crippen LogP contribution in [0.4, 0.5) is 5.69 Å². The van der Waals surface area contributed by atoms with Gasteiger partial charge in [-0.3, -0.25) is 10.1 Å². The molecular formula is C10H8ClNO4. The molecule has 0 fully saturated rings. The zero-order valence-electron chi connectivity index (χ0n) is 8.40. The van der Waals surface area contributed by atoms with Crippen molar-refractivity contribution in [3.63, 3.8) is 0 Å². The van der Waals surface area contributed by atoms with E-state index in [1.54, 1.807) is 0 Å². The molecule has 84 valence electrons. The first-order valence-electron chi connectivity index (χ1n) is 4.19. The van der Waals surface area contributed by atoms with E-state index < -0.39 is 10.9 Å². The van der Waals surface area contributed by atoms with Crippen LogP contribution in [0, 0.1) is 10.1 Å². The van der Waals surface area contributed by atoms with Crippen LogP contribution in [0.1, 0.15) is 5.56 Å². The van der Waals surface area contributed by atoms with Gasteiger partial charge in [-0.1, -0.05) is 18.2 Å². The molecule has 0 bridgehead atoms. The first-order chi connectivity index (χ1) is 7.47. The topological polar surface area (TPSA) is 69.4 Å². The van der Waals surface area contributed by atoms with Gasteiger partial charge >= 0.3 is 5.97 Å². The molecule has 6 heteroatoms. The van der Waals surface area contributed by atoms with Gasteiger partial charge in [-0.05, 0) is 12.1 Å². The van der Waals surface area contributed by atoms with Crippen molar-refractivity contribution < 1.29 is 14.5 Å². The number of rotatable bonds is 3. The van der Waals surface area contributed by atoms with E-state index in [0.29, 0.717) is 0 Å². The van der Waals surface area contributed by atoms with Crippen LogP contribution >= 0.6 is 11.6 Å². The normalized spacial score (nSPS) is 9.62. The van der Waals surface area contributed by atoms with Crippen molar-refractivity contribution in [1.82, 2.24) is 0 Å². The highest BCUT2D eigenvalue weighted by Gasteiger charge is 2.20. The van der Waals surface area contributed by atoms with Gasteiger partial charge in [0.05, 0.1) is 23.2 Å². The SMILES string of the molecule is C=C(C(=O)OC)c1cc(Cl)ccc1[N+](=O)[O-]. The predicted molar refractivity (Wildman–Crippen MR) is 59.2 cm³/mol. The van der Waals surface area contributed by atoms with Gasteiger partial charge in [0, 0.05) is 11.1 Å².